The molecule has 1 heterocycles. The van der Waals surface area contributed by atoms with E-state index >= 15 is 0 Å². The molecule has 1 saturated heterocycles. The van der Waals surface area contributed by atoms with E-state index in [4.69, 9.17) is 0 Å². The van der Waals surface area contributed by atoms with Crippen LogP contribution in [-0.2, 0) is 11.0 Å². The Labute approximate surface area is 93.9 Å². The highest BCUT2D eigenvalue weighted by Crippen LogP contribution is 2.28. The van der Waals surface area contributed by atoms with Gasteiger partial charge in [0.25, 0.3) is 0 Å². The molecule has 15 heavy (non-hydrogen) atoms. The number of aryl methyl sites for hydroxylation is 1. The number of hydrogen-bond acceptors (Lipinski definition) is 1. The van der Waals surface area contributed by atoms with Crippen LogP contribution in [-0.4, -0.2) is 21.1 Å². The van der Waals surface area contributed by atoms with Crippen LogP contribution in [0.5, 0.6) is 0 Å². The fraction of sp³-hybridized carbons (Fsp3) is 0.500. The van der Waals surface area contributed by atoms with Gasteiger partial charge in [0.15, 0.2) is 0 Å². The van der Waals surface area contributed by atoms with Crippen LogP contribution in [0.2, 0.25) is 0 Å². The van der Waals surface area contributed by atoms with E-state index in [0.29, 0.717) is 6.04 Å². The maximum atomic E-state index is 12.0. The van der Waals surface area contributed by atoms with Gasteiger partial charge in [-0.25, -0.2) is 8.51 Å². The van der Waals surface area contributed by atoms with Crippen molar-refractivity contribution in [1.29, 1.82) is 0 Å². The zero-order valence-corrected chi connectivity index (χ0v) is 10.1. The van der Waals surface area contributed by atoms with E-state index in [0.717, 1.165) is 17.9 Å². The molecule has 0 bridgehead atoms. The summed E-state index contributed by atoms with van der Waals surface area (Å²) in [6.45, 7) is 5.21. The highest BCUT2D eigenvalue weighted by atomic mass is 32.2. The fourth-order valence-corrected chi connectivity index (χ4v) is 3.05. The fourth-order valence-electron chi connectivity index (χ4n) is 1.72. The highest BCUT2D eigenvalue weighted by Gasteiger charge is 2.38. The minimum Gasteiger partial charge on any atom is -0.237 e. The summed E-state index contributed by atoms with van der Waals surface area (Å²) < 4.78 is 14.1. The average Bonchev–Trinajstić information content (AvgIpc) is 2.98. The van der Waals surface area contributed by atoms with Crippen LogP contribution in [0.3, 0.4) is 0 Å². The maximum Gasteiger partial charge on any atom is 0.127 e. The van der Waals surface area contributed by atoms with Crippen molar-refractivity contribution in [1.82, 2.24) is 4.31 Å². The summed E-state index contributed by atoms with van der Waals surface area (Å²) in [5.41, 5.74) is 1.21. The van der Waals surface area contributed by atoms with Gasteiger partial charge < -0.3 is 0 Å². The third-order valence-corrected chi connectivity index (χ3v) is 4.27. The minimum absolute atomic E-state index is 0.553. The summed E-state index contributed by atoms with van der Waals surface area (Å²) in [4.78, 5) is 0.930. The number of rotatable bonds is 4. The van der Waals surface area contributed by atoms with E-state index in [2.05, 4.69) is 11.2 Å². The molecule has 1 aromatic carbocycles. The first-order chi connectivity index (χ1) is 7.22. The number of hydrogen-bond donors (Lipinski definition) is 0. The van der Waals surface area contributed by atoms with E-state index in [1.54, 1.807) is 0 Å². The minimum atomic E-state index is -0.931. The predicted molar refractivity (Wildman–Crippen MR) is 63.0 cm³/mol. The van der Waals surface area contributed by atoms with Crippen molar-refractivity contribution in [2.45, 2.75) is 37.6 Å². The molecular weight excluding hydrogens is 206 g/mol. The second kappa shape index (κ2) is 4.45. The van der Waals surface area contributed by atoms with Crippen molar-refractivity contribution in [3.63, 3.8) is 0 Å². The van der Waals surface area contributed by atoms with Crippen LogP contribution in [0, 0.1) is 6.92 Å². The Kier molecular flexibility index (Phi) is 3.22. The van der Waals surface area contributed by atoms with Crippen molar-refractivity contribution >= 4 is 11.0 Å². The highest BCUT2D eigenvalue weighted by molar-refractivity contribution is 7.83. The van der Waals surface area contributed by atoms with Crippen LogP contribution in [0.4, 0.5) is 0 Å². The van der Waals surface area contributed by atoms with Crippen LogP contribution in [0.15, 0.2) is 29.2 Å². The lowest BCUT2D eigenvalue weighted by molar-refractivity contribution is 0.628. The van der Waals surface area contributed by atoms with Gasteiger partial charge in [0.05, 0.1) is 4.90 Å². The molecule has 0 N–H and O–H groups in total. The molecule has 0 aromatic heterocycles. The predicted octanol–water partition coefficient (Wildman–Crippen LogP) is 2.50. The summed E-state index contributed by atoms with van der Waals surface area (Å²) in [7, 11) is -0.931. The summed E-state index contributed by atoms with van der Waals surface area (Å²) in [5, 5.41) is 0. The lowest BCUT2D eigenvalue weighted by Crippen LogP contribution is -2.06. The lowest BCUT2D eigenvalue weighted by Gasteiger charge is -2.03. The molecule has 1 fully saturated rings. The third-order valence-electron chi connectivity index (χ3n) is 2.72. The first-order valence-corrected chi connectivity index (χ1v) is 6.58. The van der Waals surface area contributed by atoms with Crippen molar-refractivity contribution in [3.05, 3.63) is 29.8 Å². The lowest BCUT2D eigenvalue weighted by atomic mass is 10.2. The molecule has 1 aliphatic heterocycles. The summed E-state index contributed by atoms with van der Waals surface area (Å²) in [6, 6.07) is 8.52. The van der Waals surface area contributed by atoms with Gasteiger partial charge in [0.2, 0.25) is 0 Å². The molecule has 1 aromatic rings. The Morgan fingerprint density at radius 2 is 2.07 bits per heavy atom. The van der Waals surface area contributed by atoms with E-state index in [1.165, 1.54) is 12.0 Å². The van der Waals surface area contributed by atoms with Gasteiger partial charge in [0.1, 0.15) is 11.0 Å². The zero-order chi connectivity index (χ0) is 10.8. The van der Waals surface area contributed by atoms with E-state index in [9.17, 15) is 4.21 Å². The van der Waals surface area contributed by atoms with Crippen molar-refractivity contribution < 1.29 is 4.21 Å². The monoisotopic (exact) mass is 223 g/mol. The van der Waals surface area contributed by atoms with E-state index in [1.807, 2.05) is 31.2 Å². The first-order valence-electron chi connectivity index (χ1n) is 5.47. The maximum absolute atomic E-state index is 12.0. The molecule has 1 unspecified atom stereocenters. The Bertz CT molecular complexity index is 360. The molecule has 2 nitrogen and oxygen atoms in total. The van der Waals surface area contributed by atoms with E-state index < -0.39 is 11.0 Å². The standard InChI is InChI=1S/C12H17NOS/c1-3-4-11-9-13(11)15(14)12-7-5-10(2)6-8-12/h5-8,11H,3-4,9H2,1-2H3/t11-,13?,15+/m1/s1. The van der Waals surface area contributed by atoms with Crippen molar-refractivity contribution in [2.75, 3.05) is 6.54 Å². The molecule has 0 spiro atoms. The summed E-state index contributed by atoms with van der Waals surface area (Å²) >= 11 is 0. The summed E-state index contributed by atoms with van der Waals surface area (Å²) in [5.74, 6) is 0. The van der Waals surface area contributed by atoms with Crippen molar-refractivity contribution in [2.24, 2.45) is 0 Å². The first kappa shape index (κ1) is 10.8. The van der Waals surface area contributed by atoms with Crippen LogP contribution in [0.25, 0.3) is 0 Å². The van der Waals surface area contributed by atoms with Gasteiger partial charge in [-0.2, -0.15) is 0 Å². The zero-order valence-electron chi connectivity index (χ0n) is 9.27. The normalized spacial score (nSPS) is 26.3. The van der Waals surface area contributed by atoms with Gasteiger partial charge in [0, 0.05) is 12.6 Å². The topological polar surface area (TPSA) is 20.1 Å². The summed E-state index contributed by atoms with van der Waals surface area (Å²) in [6.07, 6.45) is 2.34. The van der Waals surface area contributed by atoms with E-state index in [-0.39, 0.29) is 0 Å². The SMILES string of the molecule is CCC[C@@H]1CN1[S@@](=O)c1ccc(C)cc1. The van der Waals surface area contributed by atoms with Crippen molar-refractivity contribution in [3.8, 4) is 0 Å². The van der Waals surface area contributed by atoms with Crippen LogP contribution in [0.1, 0.15) is 25.3 Å². The van der Waals surface area contributed by atoms with Gasteiger partial charge in [-0.1, -0.05) is 31.0 Å². The van der Waals surface area contributed by atoms with Crippen LogP contribution < -0.4 is 0 Å². The van der Waals surface area contributed by atoms with Crippen LogP contribution >= 0.6 is 0 Å². The molecule has 3 heteroatoms. The third kappa shape index (κ3) is 2.47. The molecule has 3 atom stereocenters. The number of nitrogens with zero attached hydrogens (tertiary/aromatic N) is 1. The molecule has 0 amide bonds. The molecular formula is C12H17NOS. The molecule has 2 rings (SSSR count). The molecule has 82 valence electrons. The Balaban J connectivity index is 2.00. The largest absolute Gasteiger partial charge is 0.237 e. The number of benzene rings is 1. The molecule has 1 aliphatic rings. The second-order valence-corrected chi connectivity index (χ2v) is 5.54. The molecule has 0 aliphatic carbocycles. The quantitative estimate of drug-likeness (QED) is 0.718. The smallest absolute Gasteiger partial charge is 0.127 e. The second-order valence-electron chi connectivity index (χ2n) is 4.10. The Morgan fingerprint density at radius 3 is 2.67 bits per heavy atom. The molecule has 0 radical (unpaired) electrons. The van der Waals surface area contributed by atoms with Gasteiger partial charge in [-0.3, -0.25) is 0 Å². The average molecular weight is 223 g/mol. The Morgan fingerprint density at radius 1 is 1.40 bits per heavy atom. The molecule has 0 saturated carbocycles. The van der Waals surface area contributed by atoms with Gasteiger partial charge >= 0.3 is 0 Å². The van der Waals surface area contributed by atoms with Gasteiger partial charge in [-0.15, -0.1) is 0 Å². The Hall–Kier alpha value is -0.670. The van der Waals surface area contributed by atoms with Gasteiger partial charge in [-0.05, 0) is 25.5 Å².